The molecule has 0 spiro atoms. The SMILES string of the molecule is Cc1ccc(S(=O)(=O)N2CCOCC2)cc1C(=O)OCc1nc(-c2ccccc2)oc1C. The summed E-state index contributed by atoms with van der Waals surface area (Å²) in [6, 6.07) is 13.9. The Hall–Kier alpha value is -3.01. The molecule has 0 unspecified atom stereocenters. The fourth-order valence-corrected chi connectivity index (χ4v) is 4.83. The van der Waals surface area contributed by atoms with Gasteiger partial charge in [-0.25, -0.2) is 18.2 Å². The third kappa shape index (κ3) is 4.59. The molecule has 2 aromatic carbocycles. The molecule has 0 atom stereocenters. The van der Waals surface area contributed by atoms with Crippen LogP contribution in [0.2, 0.25) is 0 Å². The molecule has 32 heavy (non-hydrogen) atoms. The van der Waals surface area contributed by atoms with Crippen molar-refractivity contribution < 1.29 is 27.1 Å². The van der Waals surface area contributed by atoms with Crippen molar-refractivity contribution >= 4 is 16.0 Å². The van der Waals surface area contributed by atoms with Gasteiger partial charge in [-0.1, -0.05) is 24.3 Å². The van der Waals surface area contributed by atoms with E-state index in [1.165, 1.54) is 16.4 Å². The molecule has 0 amide bonds. The molecule has 0 bridgehead atoms. The van der Waals surface area contributed by atoms with E-state index in [9.17, 15) is 13.2 Å². The highest BCUT2D eigenvalue weighted by Gasteiger charge is 2.27. The average Bonchev–Trinajstić information content (AvgIpc) is 3.19. The standard InChI is InChI=1S/C23H24N2O6S/c1-16-8-9-19(32(27,28)25-10-12-29-13-11-25)14-20(16)23(26)30-15-21-17(2)31-22(24-21)18-6-4-3-5-7-18/h3-9,14H,10-13,15H2,1-2H3. The minimum atomic E-state index is -3.72. The second kappa shape index (κ2) is 9.23. The van der Waals surface area contributed by atoms with Gasteiger partial charge in [0, 0.05) is 18.7 Å². The van der Waals surface area contributed by atoms with Crippen LogP contribution < -0.4 is 0 Å². The van der Waals surface area contributed by atoms with Gasteiger partial charge in [-0.2, -0.15) is 4.31 Å². The molecule has 3 aromatic rings. The van der Waals surface area contributed by atoms with E-state index in [2.05, 4.69) is 4.98 Å². The van der Waals surface area contributed by atoms with Crippen LogP contribution in [0.15, 0.2) is 57.8 Å². The van der Waals surface area contributed by atoms with Gasteiger partial charge in [0.15, 0.2) is 0 Å². The summed E-state index contributed by atoms with van der Waals surface area (Å²) >= 11 is 0. The van der Waals surface area contributed by atoms with Crippen LogP contribution in [0.5, 0.6) is 0 Å². The molecule has 0 aliphatic carbocycles. The third-order valence-corrected chi connectivity index (χ3v) is 7.18. The lowest BCUT2D eigenvalue weighted by Gasteiger charge is -2.26. The molecule has 4 rings (SSSR count). The number of carbonyl (C=O) groups is 1. The number of sulfonamides is 1. The summed E-state index contributed by atoms with van der Waals surface area (Å²) in [4.78, 5) is 17.3. The van der Waals surface area contributed by atoms with Gasteiger partial charge in [-0.3, -0.25) is 0 Å². The van der Waals surface area contributed by atoms with Crippen molar-refractivity contribution in [3.05, 3.63) is 71.1 Å². The van der Waals surface area contributed by atoms with Crippen LogP contribution in [0.1, 0.15) is 27.4 Å². The molecule has 1 aliphatic heterocycles. The van der Waals surface area contributed by atoms with Crippen LogP contribution in [-0.4, -0.2) is 50.0 Å². The van der Waals surface area contributed by atoms with E-state index in [0.717, 1.165) is 5.56 Å². The molecule has 8 nitrogen and oxygen atoms in total. The van der Waals surface area contributed by atoms with Crippen molar-refractivity contribution in [1.82, 2.24) is 9.29 Å². The van der Waals surface area contributed by atoms with E-state index in [1.54, 1.807) is 19.9 Å². The second-order valence-corrected chi connectivity index (χ2v) is 9.40. The fourth-order valence-electron chi connectivity index (χ4n) is 3.40. The van der Waals surface area contributed by atoms with Gasteiger partial charge < -0.3 is 13.9 Å². The molecule has 2 heterocycles. The smallest absolute Gasteiger partial charge is 0.338 e. The highest BCUT2D eigenvalue weighted by atomic mass is 32.2. The summed E-state index contributed by atoms with van der Waals surface area (Å²) < 4.78 is 43.6. The minimum Gasteiger partial charge on any atom is -0.455 e. The van der Waals surface area contributed by atoms with Crippen molar-refractivity contribution in [1.29, 1.82) is 0 Å². The molecule has 1 aliphatic rings. The Bertz CT molecular complexity index is 1210. The second-order valence-electron chi connectivity index (χ2n) is 7.46. The first-order valence-corrected chi connectivity index (χ1v) is 11.7. The predicted molar refractivity (Wildman–Crippen MR) is 117 cm³/mol. The molecule has 1 fully saturated rings. The summed E-state index contributed by atoms with van der Waals surface area (Å²) in [5.41, 5.74) is 2.15. The van der Waals surface area contributed by atoms with Crippen molar-refractivity contribution in [3.8, 4) is 11.5 Å². The van der Waals surface area contributed by atoms with Crippen LogP contribution in [0.4, 0.5) is 0 Å². The zero-order valence-corrected chi connectivity index (χ0v) is 18.7. The van der Waals surface area contributed by atoms with Crippen LogP contribution in [0.3, 0.4) is 0 Å². The Kier molecular flexibility index (Phi) is 6.40. The van der Waals surface area contributed by atoms with Gasteiger partial charge in [0.25, 0.3) is 0 Å². The zero-order valence-electron chi connectivity index (χ0n) is 17.9. The summed E-state index contributed by atoms with van der Waals surface area (Å²) in [6.45, 7) is 4.67. The number of nitrogens with zero attached hydrogens (tertiary/aromatic N) is 2. The Balaban J connectivity index is 1.50. The Morgan fingerprint density at radius 2 is 1.81 bits per heavy atom. The number of ether oxygens (including phenoxy) is 2. The van der Waals surface area contributed by atoms with Gasteiger partial charge in [0.1, 0.15) is 18.1 Å². The van der Waals surface area contributed by atoms with E-state index in [0.29, 0.717) is 36.1 Å². The number of esters is 1. The molecular weight excluding hydrogens is 432 g/mol. The topological polar surface area (TPSA) is 98.9 Å². The number of hydrogen-bond donors (Lipinski definition) is 0. The van der Waals surface area contributed by atoms with E-state index in [-0.39, 0.29) is 30.2 Å². The van der Waals surface area contributed by atoms with Crippen molar-refractivity contribution in [2.45, 2.75) is 25.3 Å². The maximum Gasteiger partial charge on any atom is 0.338 e. The molecule has 168 valence electrons. The van der Waals surface area contributed by atoms with E-state index in [1.807, 2.05) is 30.3 Å². The molecule has 9 heteroatoms. The lowest BCUT2D eigenvalue weighted by molar-refractivity contribution is 0.0465. The highest BCUT2D eigenvalue weighted by molar-refractivity contribution is 7.89. The van der Waals surface area contributed by atoms with E-state index in [4.69, 9.17) is 13.9 Å². The number of carbonyl (C=O) groups excluding carboxylic acids is 1. The molecule has 0 N–H and O–H groups in total. The van der Waals surface area contributed by atoms with Gasteiger partial charge in [-0.05, 0) is 43.7 Å². The van der Waals surface area contributed by atoms with Gasteiger partial charge in [-0.15, -0.1) is 0 Å². The Morgan fingerprint density at radius 3 is 2.53 bits per heavy atom. The number of benzene rings is 2. The first kappa shape index (κ1) is 22.2. The summed E-state index contributed by atoms with van der Waals surface area (Å²) in [5.74, 6) is 0.381. The number of aryl methyl sites for hydroxylation is 2. The van der Waals surface area contributed by atoms with Crippen LogP contribution in [0, 0.1) is 13.8 Å². The normalized spacial score (nSPS) is 14.9. The number of rotatable bonds is 6. The summed E-state index contributed by atoms with van der Waals surface area (Å²) in [6.07, 6.45) is 0. The molecule has 0 saturated carbocycles. The number of oxazole rings is 1. The fraction of sp³-hybridized carbons (Fsp3) is 0.304. The van der Waals surface area contributed by atoms with Crippen molar-refractivity contribution in [3.63, 3.8) is 0 Å². The quantitative estimate of drug-likeness (QED) is 0.525. The van der Waals surface area contributed by atoms with E-state index < -0.39 is 16.0 Å². The Labute approximate surface area is 186 Å². The van der Waals surface area contributed by atoms with Crippen molar-refractivity contribution in [2.24, 2.45) is 0 Å². The van der Waals surface area contributed by atoms with Crippen LogP contribution in [-0.2, 0) is 26.1 Å². The largest absolute Gasteiger partial charge is 0.455 e. The van der Waals surface area contributed by atoms with E-state index >= 15 is 0 Å². The van der Waals surface area contributed by atoms with Gasteiger partial charge in [0.2, 0.25) is 15.9 Å². The lowest BCUT2D eigenvalue weighted by atomic mass is 10.1. The molecule has 1 saturated heterocycles. The monoisotopic (exact) mass is 456 g/mol. The third-order valence-electron chi connectivity index (χ3n) is 5.29. The molecule has 0 radical (unpaired) electrons. The number of aromatic nitrogens is 1. The Morgan fingerprint density at radius 1 is 1.09 bits per heavy atom. The summed E-state index contributed by atoms with van der Waals surface area (Å²) in [5, 5.41) is 0. The lowest BCUT2D eigenvalue weighted by Crippen LogP contribution is -2.40. The minimum absolute atomic E-state index is 0.0564. The van der Waals surface area contributed by atoms with Gasteiger partial charge >= 0.3 is 5.97 Å². The van der Waals surface area contributed by atoms with Crippen molar-refractivity contribution in [2.75, 3.05) is 26.3 Å². The highest BCUT2D eigenvalue weighted by Crippen LogP contribution is 2.24. The average molecular weight is 457 g/mol. The predicted octanol–water partition coefficient (Wildman–Crippen LogP) is 3.34. The first-order chi connectivity index (χ1) is 15.4. The number of morpholine rings is 1. The maximum atomic E-state index is 12.9. The van der Waals surface area contributed by atoms with Crippen LogP contribution in [0.25, 0.3) is 11.5 Å². The van der Waals surface area contributed by atoms with Crippen LogP contribution >= 0.6 is 0 Å². The molecule has 1 aromatic heterocycles. The maximum absolute atomic E-state index is 12.9. The zero-order chi connectivity index (χ0) is 22.7. The molecular formula is C23H24N2O6S. The van der Waals surface area contributed by atoms with Gasteiger partial charge in [0.05, 0.1) is 23.7 Å². The first-order valence-electron chi connectivity index (χ1n) is 10.2. The summed E-state index contributed by atoms with van der Waals surface area (Å²) in [7, 11) is -3.72. The number of hydrogen-bond acceptors (Lipinski definition) is 7.